The zero-order valence-corrected chi connectivity index (χ0v) is 31.2. The normalized spacial score (nSPS) is 25.9. The van der Waals surface area contributed by atoms with Crippen molar-refractivity contribution in [2.75, 3.05) is 6.61 Å². The first-order valence-electron chi connectivity index (χ1n) is 18.9. The van der Waals surface area contributed by atoms with E-state index in [2.05, 4.69) is 31.3 Å². The molecule has 1 saturated carbocycles. The number of aliphatic hydroxyl groups is 7. The van der Waals surface area contributed by atoms with Crippen LogP contribution in [0.1, 0.15) is 136 Å². The summed E-state index contributed by atoms with van der Waals surface area (Å²) in [5.41, 5.74) is 0. The number of aliphatic hydroxyl groups excluding tert-OH is 7. The van der Waals surface area contributed by atoms with E-state index < -0.39 is 75.2 Å². The number of carbonyl (C=O) groups excluding carboxylic acids is 1. The van der Waals surface area contributed by atoms with Crippen LogP contribution in [0.15, 0.2) is 24.3 Å². The van der Waals surface area contributed by atoms with Crippen LogP contribution in [0.4, 0.5) is 0 Å². The third kappa shape index (κ3) is 20.1. The molecule has 0 bridgehead atoms. The molecule has 14 heteroatoms. The lowest BCUT2D eigenvalue weighted by Gasteiger charge is -2.41. The van der Waals surface area contributed by atoms with Gasteiger partial charge in [-0.3, -0.25) is 13.8 Å². The highest BCUT2D eigenvalue weighted by Gasteiger charge is 2.51. The van der Waals surface area contributed by atoms with Gasteiger partial charge in [0.2, 0.25) is 5.91 Å². The minimum Gasteiger partial charge on any atom is -0.393 e. The van der Waals surface area contributed by atoms with Crippen LogP contribution < -0.4 is 5.32 Å². The number of unbranched alkanes of at least 4 members (excludes halogenated alkanes) is 14. The van der Waals surface area contributed by atoms with Crippen LogP contribution in [0.3, 0.4) is 0 Å². The first-order valence-corrected chi connectivity index (χ1v) is 20.4. The summed E-state index contributed by atoms with van der Waals surface area (Å²) in [6.07, 6.45) is 11.7. The molecule has 1 fully saturated rings. The van der Waals surface area contributed by atoms with E-state index in [0.29, 0.717) is 12.8 Å². The van der Waals surface area contributed by atoms with Crippen molar-refractivity contribution < 1.29 is 59.0 Å². The van der Waals surface area contributed by atoms with Crippen molar-refractivity contribution in [3.05, 3.63) is 24.3 Å². The second kappa shape index (κ2) is 27.4. The molecule has 50 heavy (non-hydrogen) atoms. The van der Waals surface area contributed by atoms with Gasteiger partial charge in [0, 0.05) is 0 Å². The van der Waals surface area contributed by atoms with Gasteiger partial charge in [-0.2, -0.15) is 0 Å². The minimum absolute atomic E-state index is 0.256. The molecule has 0 aromatic heterocycles. The maximum atomic E-state index is 12.8. The number of rotatable bonds is 29. The molecule has 8 atom stereocenters. The summed E-state index contributed by atoms with van der Waals surface area (Å²) >= 11 is 0. The standard InChI is InChI=1S/C36H68NO12P/c1-3-5-7-9-11-13-14-16-18-20-22-24-29(39)28(37-30(40)25-27(38)23-21-19-17-15-12-10-8-6-4-2)26-48-50(46,47)49-36-34(44)32(42)31(41)33(43)35(36)45/h10,12,22,24,27-29,31-36,38-39,41-45H,3-9,11,13-21,23,25-26H2,1-2H3,(H,37,40)(H,46,47)/b12-10-,24-22+. The van der Waals surface area contributed by atoms with E-state index in [9.17, 15) is 50.0 Å². The number of carbonyl (C=O) groups is 1. The summed E-state index contributed by atoms with van der Waals surface area (Å²) in [5, 5.41) is 73.8. The molecule has 9 N–H and O–H groups in total. The van der Waals surface area contributed by atoms with E-state index in [1.54, 1.807) is 6.08 Å². The Labute approximate surface area is 299 Å². The van der Waals surface area contributed by atoms with Gasteiger partial charge in [-0.05, 0) is 38.5 Å². The third-order valence-corrected chi connectivity index (χ3v) is 10.0. The summed E-state index contributed by atoms with van der Waals surface area (Å²) in [7, 11) is -5.13. The molecule has 13 nitrogen and oxygen atoms in total. The van der Waals surface area contributed by atoms with Gasteiger partial charge in [-0.15, -0.1) is 0 Å². The maximum Gasteiger partial charge on any atom is 0.472 e. The van der Waals surface area contributed by atoms with E-state index in [0.717, 1.165) is 57.8 Å². The van der Waals surface area contributed by atoms with E-state index in [1.165, 1.54) is 51.0 Å². The summed E-state index contributed by atoms with van der Waals surface area (Å²) in [6.45, 7) is 3.61. The lowest BCUT2D eigenvalue weighted by molar-refractivity contribution is -0.220. The number of hydrogen-bond acceptors (Lipinski definition) is 11. The van der Waals surface area contributed by atoms with E-state index in [4.69, 9.17) is 9.05 Å². The van der Waals surface area contributed by atoms with Crippen molar-refractivity contribution in [1.82, 2.24) is 5.32 Å². The van der Waals surface area contributed by atoms with Crippen LogP contribution in [-0.2, 0) is 18.4 Å². The number of phosphoric ester groups is 1. The van der Waals surface area contributed by atoms with Crippen LogP contribution in [0, 0.1) is 0 Å². The van der Waals surface area contributed by atoms with Gasteiger partial charge in [0.25, 0.3) is 0 Å². The Bertz CT molecular complexity index is 969. The SMILES string of the molecule is CCCC/C=C\CCCCCC(O)CC(=O)NC(COP(=O)(O)OC1C(O)C(O)C(O)C(O)C1O)C(O)/C=C/CCCCCCCCCCC. The quantitative estimate of drug-likeness (QED) is 0.0301. The van der Waals surface area contributed by atoms with Crippen molar-refractivity contribution in [2.24, 2.45) is 0 Å². The van der Waals surface area contributed by atoms with E-state index in [-0.39, 0.29) is 6.42 Å². The van der Waals surface area contributed by atoms with Crippen LogP contribution in [0.2, 0.25) is 0 Å². The molecule has 0 aliphatic heterocycles. The summed E-state index contributed by atoms with van der Waals surface area (Å²) in [6, 6.07) is -1.24. The number of phosphoric acid groups is 1. The second-order valence-electron chi connectivity index (χ2n) is 13.6. The average Bonchev–Trinajstić information content (AvgIpc) is 3.08. The Balaban J connectivity index is 2.71. The minimum atomic E-state index is -5.13. The van der Waals surface area contributed by atoms with Crippen LogP contribution in [0.25, 0.3) is 0 Å². The first-order chi connectivity index (χ1) is 23.8. The van der Waals surface area contributed by atoms with Crippen LogP contribution >= 0.6 is 7.82 Å². The highest BCUT2D eigenvalue weighted by atomic mass is 31.2. The molecule has 0 aromatic rings. The van der Waals surface area contributed by atoms with Crippen molar-refractivity contribution in [2.45, 2.75) is 191 Å². The molecule has 1 amide bonds. The Morgan fingerprint density at radius 2 is 1.18 bits per heavy atom. The molecule has 8 unspecified atom stereocenters. The Morgan fingerprint density at radius 1 is 0.700 bits per heavy atom. The van der Waals surface area contributed by atoms with Crippen molar-refractivity contribution >= 4 is 13.7 Å². The first kappa shape index (κ1) is 46.8. The largest absolute Gasteiger partial charge is 0.472 e. The number of amides is 1. The molecular formula is C36H68NO12P. The number of allylic oxidation sites excluding steroid dienone is 3. The zero-order valence-electron chi connectivity index (χ0n) is 30.3. The van der Waals surface area contributed by atoms with Gasteiger partial charge < -0.3 is 46.0 Å². The number of nitrogens with one attached hydrogen (secondary N) is 1. The highest BCUT2D eigenvalue weighted by molar-refractivity contribution is 7.47. The monoisotopic (exact) mass is 737 g/mol. The van der Waals surface area contributed by atoms with Gasteiger partial charge in [0.15, 0.2) is 0 Å². The Hall–Kier alpha value is -1.22. The van der Waals surface area contributed by atoms with Crippen LogP contribution in [-0.4, -0.2) is 108 Å². The highest BCUT2D eigenvalue weighted by Crippen LogP contribution is 2.47. The lowest BCUT2D eigenvalue weighted by Crippen LogP contribution is -2.64. The fourth-order valence-electron chi connectivity index (χ4n) is 5.81. The van der Waals surface area contributed by atoms with E-state index >= 15 is 0 Å². The van der Waals surface area contributed by atoms with Gasteiger partial charge in [-0.1, -0.05) is 115 Å². The predicted octanol–water partition coefficient (Wildman–Crippen LogP) is 4.08. The molecular weight excluding hydrogens is 669 g/mol. The molecule has 294 valence electrons. The molecule has 0 heterocycles. The lowest BCUT2D eigenvalue weighted by atomic mass is 9.85. The van der Waals surface area contributed by atoms with Gasteiger partial charge >= 0.3 is 7.82 Å². The van der Waals surface area contributed by atoms with Crippen molar-refractivity contribution in [3.63, 3.8) is 0 Å². The number of hydrogen-bond donors (Lipinski definition) is 9. The molecule has 1 aliphatic carbocycles. The molecule has 1 rings (SSSR count). The average molecular weight is 738 g/mol. The third-order valence-electron chi connectivity index (χ3n) is 9.03. The smallest absolute Gasteiger partial charge is 0.393 e. The maximum absolute atomic E-state index is 12.8. The molecule has 0 aromatic carbocycles. The predicted molar refractivity (Wildman–Crippen MR) is 192 cm³/mol. The van der Waals surface area contributed by atoms with Crippen molar-refractivity contribution in [3.8, 4) is 0 Å². The fourth-order valence-corrected chi connectivity index (χ4v) is 6.77. The topological polar surface area (TPSA) is 226 Å². The van der Waals surface area contributed by atoms with E-state index in [1.807, 2.05) is 0 Å². The van der Waals surface area contributed by atoms with Gasteiger partial charge in [-0.25, -0.2) is 4.57 Å². The Morgan fingerprint density at radius 3 is 1.76 bits per heavy atom. The van der Waals surface area contributed by atoms with Crippen molar-refractivity contribution in [1.29, 1.82) is 0 Å². The molecule has 0 saturated heterocycles. The van der Waals surface area contributed by atoms with Gasteiger partial charge in [0.05, 0.1) is 31.3 Å². The van der Waals surface area contributed by atoms with Gasteiger partial charge in [0.1, 0.15) is 36.6 Å². The molecule has 1 aliphatic rings. The summed E-state index contributed by atoms with van der Waals surface area (Å²) in [4.78, 5) is 23.2. The second-order valence-corrected chi connectivity index (χ2v) is 15.0. The van der Waals surface area contributed by atoms with Crippen LogP contribution in [0.5, 0.6) is 0 Å². The summed E-state index contributed by atoms with van der Waals surface area (Å²) in [5.74, 6) is -0.608. The molecule has 0 radical (unpaired) electrons. The zero-order chi connectivity index (χ0) is 37.4. The fraction of sp³-hybridized carbons (Fsp3) is 0.861. The Kier molecular flexibility index (Phi) is 25.6. The molecule has 0 spiro atoms. The summed E-state index contributed by atoms with van der Waals surface area (Å²) < 4.78 is 22.7.